The van der Waals surface area contributed by atoms with Crippen LogP contribution in [0.25, 0.3) is 0 Å². The number of hydrogen-bond donors (Lipinski definition) is 0. The van der Waals surface area contributed by atoms with Gasteiger partial charge < -0.3 is 18.8 Å². The number of hydrogen-bond acceptors (Lipinski definition) is 9. The smallest absolute Gasteiger partial charge is 0.333 e. The highest BCUT2D eigenvalue weighted by Gasteiger charge is 2.63. The van der Waals surface area contributed by atoms with Crippen molar-refractivity contribution < 1.29 is 41.6 Å². The van der Waals surface area contributed by atoms with E-state index in [2.05, 4.69) is 118 Å². The first-order chi connectivity index (χ1) is 27.6. The Kier molecular flexibility index (Phi) is 16.4. The van der Waals surface area contributed by atoms with Crippen molar-refractivity contribution in [1.82, 2.24) is 0 Å². The van der Waals surface area contributed by atoms with Crippen LogP contribution in [0.4, 0.5) is 0 Å². The van der Waals surface area contributed by atoms with Gasteiger partial charge in [-0.2, -0.15) is 0 Å². The van der Waals surface area contributed by atoms with Gasteiger partial charge in [-0.1, -0.05) is 89.2 Å². The standard InChI is InChI=1S/C18H15S.C15H22O2.C12H14O4.C2H4O3S.2CH4/c1-4-10-16(11-5-1)19(17-12-6-2-7-13-17)18-14-8-3-9-15-18;1-9(2)14(16)17-15(3)12-5-10-4-11(7-12)8-13(15)6-10;1-5(2)11(13)15-9-6-3-7-8(4-6)12(14)16-10(7)9;1-2-6(3,4)5;;/h1-15H;10-13H,1,4-8H2,2-3H3;6-10H,1,3-4H2,2H3;2H,1H2,(H,3,4,5);2*1H4/q+1;;;;;/p-1. The normalized spacial score (nSPS) is 29.3. The monoisotopic (exact) mass is 858 g/mol. The summed E-state index contributed by atoms with van der Waals surface area (Å²) in [6, 6.07) is 32.2. The Morgan fingerprint density at radius 2 is 1.17 bits per heavy atom. The van der Waals surface area contributed by atoms with Gasteiger partial charge in [0, 0.05) is 28.4 Å². The van der Waals surface area contributed by atoms with E-state index in [4.69, 9.17) is 14.2 Å². The van der Waals surface area contributed by atoms with E-state index >= 15 is 0 Å². The van der Waals surface area contributed by atoms with Crippen LogP contribution in [0.1, 0.15) is 80.6 Å². The molecule has 5 unspecified atom stereocenters. The third kappa shape index (κ3) is 11.1. The minimum Gasteiger partial charge on any atom is -0.745 e. The Morgan fingerprint density at radius 1 is 0.750 bits per heavy atom. The van der Waals surface area contributed by atoms with Gasteiger partial charge in [-0.3, -0.25) is 4.79 Å². The molecule has 1 heterocycles. The summed E-state index contributed by atoms with van der Waals surface area (Å²) in [6.45, 7) is 15.5. The second-order valence-electron chi connectivity index (χ2n) is 16.6. The predicted octanol–water partition coefficient (Wildman–Crippen LogP) is 10.1. The van der Waals surface area contributed by atoms with E-state index in [1.165, 1.54) is 46.8 Å². The van der Waals surface area contributed by atoms with Gasteiger partial charge in [0.25, 0.3) is 0 Å². The van der Waals surface area contributed by atoms with Crippen LogP contribution in [0.2, 0.25) is 0 Å². The third-order valence-electron chi connectivity index (χ3n) is 12.6. The summed E-state index contributed by atoms with van der Waals surface area (Å²) in [4.78, 5) is 38.8. The first-order valence-corrected chi connectivity index (χ1v) is 22.7. The Morgan fingerprint density at radius 3 is 1.55 bits per heavy atom. The van der Waals surface area contributed by atoms with E-state index in [0.717, 1.165) is 24.7 Å². The number of esters is 3. The maximum atomic E-state index is 11.8. The number of carbonyl (C=O) groups is 3. The summed E-state index contributed by atoms with van der Waals surface area (Å²) in [5, 5.41) is 0.354. The lowest BCUT2D eigenvalue weighted by atomic mass is 9.50. The van der Waals surface area contributed by atoms with Gasteiger partial charge in [-0.05, 0) is 126 Å². The predicted molar refractivity (Wildman–Crippen MR) is 235 cm³/mol. The van der Waals surface area contributed by atoms with E-state index in [9.17, 15) is 27.4 Å². The topological polar surface area (TPSA) is 136 Å². The molecule has 7 aliphatic rings. The Bertz CT molecular complexity index is 1950. The molecule has 7 fully saturated rings. The molecule has 3 aromatic carbocycles. The van der Waals surface area contributed by atoms with E-state index in [1.54, 1.807) is 13.8 Å². The number of rotatable bonds is 8. The number of fused-ring (bicyclic) bond motifs is 1. The molecule has 1 saturated heterocycles. The van der Waals surface area contributed by atoms with Crippen LogP contribution in [0.3, 0.4) is 0 Å². The fourth-order valence-corrected chi connectivity index (χ4v) is 12.0. The van der Waals surface area contributed by atoms with Gasteiger partial charge >= 0.3 is 17.9 Å². The van der Waals surface area contributed by atoms with Gasteiger partial charge in [0.05, 0.1) is 16.8 Å². The number of benzene rings is 3. The largest absolute Gasteiger partial charge is 0.745 e. The van der Waals surface area contributed by atoms with Gasteiger partial charge in [0.15, 0.2) is 14.7 Å². The highest BCUT2D eigenvalue weighted by Crippen LogP contribution is 2.59. The van der Waals surface area contributed by atoms with Gasteiger partial charge in [0.2, 0.25) is 0 Å². The Balaban J connectivity index is 0.000000183. The Labute approximate surface area is 360 Å². The molecule has 6 saturated carbocycles. The molecule has 324 valence electrons. The lowest BCUT2D eigenvalue weighted by Crippen LogP contribution is -2.58. The van der Waals surface area contributed by atoms with E-state index in [-0.39, 0.29) is 73.3 Å². The van der Waals surface area contributed by atoms with Crippen LogP contribution in [0.15, 0.2) is 142 Å². The Hall–Kier alpha value is -4.45. The lowest BCUT2D eigenvalue weighted by Gasteiger charge is -2.59. The molecular formula is C49H62O9S2. The fraction of sp³-hybridized carbons (Fsp3) is 0.449. The van der Waals surface area contributed by atoms with Crippen LogP contribution < -0.4 is 0 Å². The fourth-order valence-electron chi connectivity index (χ4n) is 9.94. The lowest BCUT2D eigenvalue weighted by molar-refractivity contribution is -0.199. The van der Waals surface area contributed by atoms with Crippen LogP contribution in [0.5, 0.6) is 0 Å². The average molecular weight is 859 g/mol. The molecule has 0 N–H and O–H groups in total. The zero-order valence-electron chi connectivity index (χ0n) is 33.5. The molecule has 3 aromatic rings. The molecular weight excluding hydrogens is 797 g/mol. The quantitative estimate of drug-likeness (QED) is 0.0713. The molecule has 11 heteroatoms. The van der Waals surface area contributed by atoms with Crippen molar-refractivity contribution >= 4 is 38.9 Å². The molecule has 0 spiro atoms. The minimum atomic E-state index is -4.15. The summed E-state index contributed by atoms with van der Waals surface area (Å²) >= 11 is 0. The summed E-state index contributed by atoms with van der Waals surface area (Å²) in [5.74, 6) is 2.99. The average Bonchev–Trinajstić information content (AvgIpc) is 3.84. The van der Waals surface area contributed by atoms with E-state index in [0.29, 0.717) is 34.3 Å². The van der Waals surface area contributed by atoms with Crippen molar-refractivity contribution in [3.8, 4) is 0 Å². The molecule has 5 atom stereocenters. The van der Waals surface area contributed by atoms with Crippen molar-refractivity contribution in [3.63, 3.8) is 0 Å². The molecule has 6 bridgehead atoms. The van der Waals surface area contributed by atoms with E-state index < -0.39 is 10.1 Å². The minimum absolute atomic E-state index is 0. The summed E-state index contributed by atoms with van der Waals surface area (Å²) < 4.78 is 44.5. The van der Waals surface area contributed by atoms with Gasteiger partial charge in [0.1, 0.15) is 27.9 Å². The third-order valence-corrected chi connectivity index (χ3v) is 15.2. The summed E-state index contributed by atoms with van der Waals surface area (Å²) in [7, 11) is -4.16. The zero-order chi connectivity index (χ0) is 41.8. The molecule has 0 amide bonds. The SMILES string of the molecule is C.C.C=C(C)C(=O)OC1(C)C2CC3CC(C2)CC1C3.C=C(C)C(=O)OC1C2CC3C(=O)OC1C3C2.C=CS(=O)(=O)[O-].c1ccc([S+](c2ccccc2)c2ccccc2)cc1. The van der Waals surface area contributed by atoms with Crippen molar-refractivity contribution in [3.05, 3.63) is 127 Å². The summed E-state index contributed by atoms with van der Waals surface area (Å²) in [6.07, 6.45) is 7.84. The van der Waals surface area contributed by atoms with Crippen LogP contribution in [-0.2, 0) is 49.6 Å². The first-order valence-electron chi connectivity index (χ1n) is 20.0. The highest BCUT2D eigenvalue weighted by atomic mass is 32.2. The maximum absolute atomic E-state index is 11.8. The van der Waals surface area contributed by atoms with E-state index in [1.807, 2.05) is 0 Å². The number of ether oxygens (including phenoxy) is 3. The van der Waals surface area contributed by atoms with Gasteiger partial charge in [-0.25, -0.2) is 18.0 Å². The molecule has 10 rings (SSSR count). The zero-order valence-corrected chi connectivity index (χ0v) is 35.1. The molecule has 0 aromatic heterocycles. The van der Waals surface area contributed by atoms with Crippen LogP contribution in [0, 0.1) is 41.4 Å². The van der Waals surface area contributed by atoms with Crippen molar-refractivity contribution in [2.45, 2.75) is 113 Å². The molecule has 6 aliphatic carbocycles. The first kappa shape index (κ1) is 48.2. The highest BCUT2D eigenvalue weighted by molar-refractivity contribution is 7.97. The van der Waals surface area contributed by atoms with Crippen molar-refractivity contribution in [2.24, 2.45) is 41.4 Å². The molecule has 0 radical (unpaired) electrons. The molecule has 9 nitrogen and oxygen atoms in total. The van der Waals surface area contributed by atoms with Crippen LogP contribution >= 0.6 is 0 Å². The number of carbonyl (C=O) groups excluding carboxylic acids is 3. The molecule has 1 aliphatic heterocycles. The van der Waals surface area contributed by atoms with Crippen molar-refractivity contribution in [1.29, 1.82) is 0 Å². The second-order valence-corrected chi connectivity index (χ2v) is 20.0. The summed E-state index contributed by atoms with van der Waals surface area (Å²) in [5.41, 5.74) is 0.715. The second kappa shape index (κ2) is 20.4. The molecule has 60 heavy (non-hydrogen) atoms. The van der Waals surface area contributed by atoms with Crippen molar-refractivity contribution in [2.75, 3.05) is 0 Å². The maximum Gasteiger partial charge on any atom is 0.333 e. The van der Waals surface area contributed by atoms with Gasteiger partial charge in [-0.15, -0.1) is 0 Å². The van der Waals surface area contributed by atoms with Crippen LogP contribution in [-0.4, -0.2) is 48.7 Å².